The molecule has 0 unspecified atom stereocenters. The van der Waals surface area contributed by atoms with E-state index in [4.69, 9.17) is 14.7 Å². The highest BCUT2D eigenvalue weighted by atomic mass is 19.3. The van der Waals surface area contributed by atoms with Gasteiger partial charge in [0.1, 0.15) is 17.3 Å². The lowest BCUT2D eigenvalue weighted by Crippen LogP contribution is -2.15. The molecule has 3 aromatic rings. The number of nitrogens with one attached hydrogen (secondary N) is 1. The second-order valence-electron chi connectivity index (χ2n) is 6.82. The molecule has 0 atom stereocenters. The fraction of sp³-hybridized carbons (Fsp3) is 0.286. The summed E-state index contributed by atoms with van der Waals surface area (Å²) in [6.07, 6.45) is 4.20. The molecule has 4 rings (SSSR count). The van der Waals surface area contributed by atoms with E-state index in [0.717, 1.165) is 5.69 Å². The van der Waals surface area contributed by atoms with Crippen molar-refractivity contribution in [2.75, 3.05) is 18.5 Å². The SMILES string of the molecule is N#Cc1ccc(Nc2cc(Oc3cn(C(F)F)nc3C3CCOCC3)ccn2)cc1. The van der Waals surface area contributed by atoms with E-state index in [1.54, 1.807) is 42.6 Å². The van der Waals surface area contributed by atoms with Crippen LogP contribution in [0.3, 0.4) is 0 Å². The van der Waals surface area contributed by atoms with Gasteiger partial charge >= 0.3 is 6.55 Å². The molecule has 1 N–H and O–H groups in total. The first-order valence-corrected chi connectivity index (χ1v) is 9.48. The van der Waals surface area contributed by atoms with Crippen LogP contribution >= 0.6 is 0 Å². The summed E-state index contributed by atoms with van der Waals surface area (Å²) in [5.74, 6) is 1.28. The molecular weight excluding hydrogens is 392 g/mol. The Labute approximate surface area is 171 Å². The fourth-order valence-corrected chi connectivity index (χ4v) is 3.27. The van der Waals surface area contributed by atoms with Gasteiger partial charge in [-0.2, -0.15) is 19.1 Å². The number of nitriles is 1. The van der Waals surface area contributed by atoms with Crippen LogP contribution in [0.1, 0.15) is 36.6 Å². The largest absolute Gasteiger partial charge is 0.454 e. The summed E-state index contributed by atoms with van der Waals surface area (Å²) in [5.41, 5.74) is 1.83. The monoisotopic (exact) mass is 411 g/mol. The van der Waals surface area contributed by atoms with Crippen molar-refractivity contribution in [2.24, 2.45) is 0 Å². The maximum absolute atomic E-state index is 13.2. The molecule has 0 saturated carbocycles. The smallest absolute Gasteiger partial charge is 0.333 e. The first kappa shape index (κ1) is 19.8. The third-order valence-corrected chi connectivity index (χ3v) is 4.78. The van der Waals surface area contributed by atoms with E-state index in [2.05, 4.69) is 21.5 Å². The number of anilines is 2. The summed E-state index contributed by atoms with van der Waals surface area (Å²) in [6.45, 7) is -1.61. The maximum Gasteiger partial charge on any atom is 0.333 e. The Kier molecular flexibility index (Phi) is 5.86. The van der Waals surface area contributed by atoms with Gasteiger partial charge in [-0.3, -0.25) is 0 Å². The molecule has 1 fully saturated rings. The summed E-state index contributed by atoms with van der Waals surface area (Å²) in [5, 5.41) is 16.1. The van der Waals surface area contributed by atoms with Crippen LogP contribution in [-0.4, -0.2) is 28.0 Å². The topological polar surface area (TPSA) is 85.0 Å². The molecule has 9 heteroatoms. The molecule has 1 saturated heterocycles. The van der Waals surface area contributed by atoms with Crippen molar-refractivity contribution in [3.8, 4) is 17.6 Å². The molecule has 0 radical (unpaired) electrons. The lowest BCUT2D eigenvalue weighted by atomic mass is 9.96. The molecule has 7 nitrogen and oxygen atoms in total. The molecule has 1 aliphatic rings. The first-order chi connectivity index (χ1) is 14.6. The summed E-state index contributed by atoms with van der Waals surface area (Å²) >= 11 is 0. The zero-order valence-electron chi connectivity index (χ0n) is 16.0. The van der Waals surface area contributed by atoms with Gasteiger partial charge in [-0.05, 0) is 43.2 Å². The van der Waals surface area contributed by atoms with Crippen LogP contribution in [0.4, 0.5) is 20.3 Å². The molecule has 0 amide bonds. The van der Waals surface area contributed by atoms with Crippen LogP contribution < -0.4 is 10.1 Å². The van der Waals surface area contributed by atoms with Gasteiger partial charge in [0, 0.05) is 37.1 Å². The Morgan fingerprint density at radius 2 is 1.97 bits per heavy atom. The van der Waals surface area contributed by atoms with E-state index < -0.39 is 6.55 Å². The Bertz CT molecular complexity index is 1040. The number of hydrogen-bond acceptors (Lipinski definition) is 6. The van der Waals surface area contributed by atoms with E-state index in [9.17, 15) is 8.78 Å². The van der Waals surface area contributed by atoms with Gasteiger partial charge in [-0.1, -0.05) is 0 Å². The van der Waals surface area contributed by atoms with Crippen molar-refractivity contribution in [2.45, 2.75) is 25.3 Å². The molecule has 0 aliphatic carbocycles. The Hall–Kier alpha value is -3.51. The zero-order valence-corrected chi connectivity index (χ0v) is 16.0. The predicted molar refractivity (Wildman–Crippen MR) is 105 cm³/mol. The summed E-state index contributed by atoms with van der Waals surface area (Å²) in [6, 6.07) is 12.3. The van der Waals surface area contributed by atoms with Crippen molar-refractivity contribution >= 4 is 11.5 Å². The van der Waals surface area contributed by atoms with Crippen molar-refractivity contribution in [3.63, 3.8) is 0 Å². The van der Waals surface area contributed by atoms with Crippen molar-refractivity contribution in [1.29, 1.82) is 5.26 Å². The van der Waals surface area contributed by atoms with Crippen LogP contribution in [0.5, 0.6) is 11.5 Å². The number of benzene rings is 1. The molecule has 0 spiro atoms. The molecule has 3 heterocycles. The molecule has 0 bridgehead atoms. The number of rotatable bonds is 6. The minimum atomic E-state index is -2.74. The minimum Gasteiger partial charge on any atom is -0.454 e. The van der Waals surface area contributed by atoms with Crippen molar-refractivity contribution < 1.29 is 18.3 Å². The molecule has 1 aliphatic heterocycles. The van der Waals surface area contributed by atoms with E-state index in [-0.39, 0.29) is 5.92 Å². The van der Waals surface area contributed by atoms with Crippen molar-refractivity contribution in [1.82, 2.24) is 14.8 Å². The Morgan fingerprint density at radius 3 is 2.67 bits per heavy atom. The molecular formula is C21H19F2N5O2. The summed E-state index contributed by atoms with van der Waals surface area (Å²) in [4.78, 5) is 4.25. The third-order valence-electron chi connectivity index (χ3n) is 4.78. The van der Waals surface area contributed by atoms with Gasteiger partial charge < -0.3 is 14.8 Å². The van der Waals surface area contributed by atoms with Crippen LogP contribution in [0.25, 0.3) is 0 Å². The average molecular weight is 411 g/mol. The van der Waals surface area contributed by atoms with E-state index in [0.29, 0.717) is 59.3 Å². The van der Waals surface area contributed by atoms with Gasteiger partial charge in [0.2, 0.25) is 0 Å². The quantitative estimate of drug-likeness (QED) is 0.616. The second-order valence-corrected chi connectivity index (χ2v) is 6.82. The van der Waals surface area contributed by atoms with Gasteiger partial charge in [-0.15, -0.1) is 0 Å². The third kappa shape index (κ3) is 4.55. The Balaban J connectivity index is 1.55. The van der Waals surface area contributed by atoms with E-state index in [1.807, 2.05) is 0 Å². The number of nitrogens with zero attached hydrogens (tertiary/aromatic N) is 4. The first-order valence-electron chi connectivity index (χ1n) is 9.48. The van der Waals surface area contributed by atoms with Crippen LogP contribution in [0.2, 0.25) is 0 Å². The van der Waals surface area contributed by atoms with Crippen LogP contribution in [0, 0.1) is 11.3 Å². The van der Waals surface area contributed by atoms with Crippen molar-refractivity contribution in [3.05, 3.63) is 60.0 Å². The highest BCUT2D eigenvalue weighted by molar-refractivity contribution is 5.58. The summed E-state index contributed by atoms with van der Waals surface area (Å²) < 4.78 is 38.3. The molecule has 154 valence electrons. The van der Waals surface area contributed by atoms with E-state index >= 15 is 0 Å². The number of halogens is 2. The Morgan fingerprint density at radius 1 is 1.20 bits per heavy atom. The number of pyridine rings is 1. The lowest BCUT2D eigenvalue weighted by molar-refractivity contribution is 0.0546. The zero-order chi connectivity index (χ0) is 20.9. The highest BCUT2D eigenvalue weighted by Crippen LogP contribution is 2.36. The molecule has 2 aromatic heterocycles. The van der Waals surface area contributed by atoms with Gasteiger partial charge in [0.05, 0.1) is 17.8 Å². The van der Waals surface area contributed by atoms with Gasteiger partial charge in [0.25, 0.3) is 0 Å². The maximum atomic E-state index is 13.2. The van der Waals surface area contributed by atoms with E-state index in [1.165, 1.54) is 6.20 Å². The minimum absolute atomic E-state index is 0.00633. The molecule has 30 heavy (non-hydrogen) atoms. The lowest BCUT2D eigenvalue weighted by Gasteiger charge is -2.21. The van der Waals surface area contributed by atoms with Gasteiger partial charge in [0.15, 0.2) is 5.75 Å². The van der Waals surface area contributed by atoms with Crippen LogP contribution in [0.15, 0.2) is 48.8 Å². The standard InChI is InChI=1S/C21H19F2N5O2/c22-21(23)28-13-18(20(27-28)15-6-9-29-10-7-15)30-17-5-8-25-19(11-17)26-16-3-1-14(12-24)2-4-16/h1-5,8,11,13,15,21H,6-7,9-10H2,(H,25,26). The number of hydrogen-bond donors (Lipinski definition) is 1. The average Bonchev–Trinajstić information content (AvgIpc) is 3.19. The number of alkyl halides is 2. The molecule has 1 aromatic carbocycles. The second kappa shape index (κ2) is 8.88. The normalized spacial score (nSPS) is 14.5. The summed E-state index contributed by atoms with van der Waals surface area (Å²) in [7, 11) is 0. The highest BCUT2D eigenvalue weighted by Gasteiger charge is 2.25. The number of aromatic nitrogens is 3. The fourth-order valence-electron chi connectivity index (χ4n) is 3.27. The number of ether oxygens (including phenoxy) is 2. The van der Waals surface area contributed by atoms with Gasteiger partial charge in [-0.25, -0.2) is 9.67 Å². The predicted octanol–water partition coefficient (Wildman–Crippen LogP) is 4.97. The van der Waals surface area contributed by atoms with Crippen LogP contribution in [-0.2, 0) is 4.74 Å².